The van der Waals surface area contributed by atoms with Gasteiger partial charge in [0.15, 0.2) is 0 Å². The number of ether oxygens (including phenoxy) is 3. The summed E-state index contributed by atoms with van der Waals surface area (Å²) in [6.07, 6.45) is 3.59. The van der Waals surface area contributed by atoms with Crippen LogP contribution >= 0.6 is 0 Å². The molecule has 2 rings (SSSR count). The second kappa shape index (κ2) is 6.85. The van der Waals surface area contributed by atoms with Crippen LogP contribution in [-0.2, 0) is 14.3 Å². The summed E-state index contributed by atoms with van der Waals surface area (Å²) in [6.45, 7) is 1.90. The normalized spacial score (nSPS) is 14.0. The molecule has 0 unspecified atom stereocenters. The number of carbonyl (C=O) groups excluding carboxylic acids is 1. The molecule has 1 aliphatic carbocycles. The van der Waals surface area contributed by atoms with Gasteiger partial charge < -0.3 is 14.2 Å². The lowest BCUT2D eigenvalue weighted by Gasteiger charge is -2.10. The van der Waals surface area contributed by atoms with E-state index in [1.807, 2.05) is 25.1 Å². The van der Waals surface area contributed by atoms with Gasteiger partial charge in [-0.05, 0) is 37.5 Å². The maximum atomic E-state index is 11.6. The van der Waals surface area contributed by atoms with E-state index in [1.54, 1.807) is 0 Å². The zero-order valence-electron chi connectivity index (χ0n) is 12.4. The highest BCUT2D eigenvalue weighted by molar-refractivity contribution is 5.86. The highest BCUT2D eigenvalue weighted by atomic mass is 16.6. The molecule has 0 spiro atoms. The van der Waals surface area contributed by atoms with Gasteiger partial charge in [0, 0.05) is 11.5 Å². The van der Waals surface area contributed by atoms with Crippen LogP contribution in [0.3, 0.4) is 0 Å². The van der Waals surface area contributed by atoms with Crippen molar-refractivity contribution < 1.29 is 19.0 Å². The monoisotopic (exact) mass is 286 g/mol. The molecular formula is C17H18O4. The van der Waals surface area contributed by atoms with Gasteiger partial charge in [-0.1, -0.05) is 17.9 Å². The fourth-order valence-electron chi connectivity index (χ4n) is 1.64. The molecule has 0 aromatic heterocycles. The van der Waals surface area contributed by atoms with E-state index < -0.39 is 5.97 Å². The predicted molar refractivity (Wildman–Crippen MR) is 78.5 cm³/mol. The number of hydrogen-bond donors (Lipinski definition) is 0. The first kappa shape index (κ1) is 15.0. The molecule has 1 aliphatic rings. The van der Waals surface area contributed by atoms with Gasteiger partial charge in [-0.2, -0.15) is 0 Å². The zero-order chi connectivity index (χ0) is 15.2. The minimum Gasteiger partial charge on any atom is -0.500 e. The van der Waals surface area contributed by atoms with Crippen molar-refractivity contribution in [3.8, 4) is 17.6 Å². The Hall–Kier alpha value is -2.41. The van der Waals surface area contributed by atoms with E-state index in [0.717, 1.165) is 11.1 Å². The van der Waals surface area contributed by atoms with E-state index in [-0.39, 0.29) is 5.76 Å². The van der Waals surface area contributed by atoms with Gasteiger partial charge in [0.25, 0.3) is 0 Å². The van der Waals surface area contributed by atoms with Gasteiger partial charge in [-0.25, -0.2) is 4.79 Å². The molecule has 0 radical (unpaired) electrons. The molecule has 0 amide bonds. The van der Waals surface area contributed by atoms with Crippen LogP contribution in [0.1, 0.15) is 24.0 Å². The maximum absolute atomic E-state index is 11.6. The molecule has 0 heterocycles. The first-order valence-electron chi connectivity index (χ1n) is 6.75. The Labute approximate surface area is 124 Å². The highest BCUT2D eigenvalue weighted by Gasteiger charge is 2.18. The lowest BCUT2D eigenvalue weighted by atomic mass is 10.1. The Balaban J connectivity index is 2.21. The molecular weight excluding hydrogens is 268 g/mol. The Morgan fingerprint density at radius 1 is 1.33 bits per heavy atom. The van der Waals surface area contributed by atoms with Crippen LogP contribution in [0.4, 0.5) is 0 Å². The van der Waals surface area contributed by atoms with E-state index in [2.05, 4.69) is 16.6 Å². The average Bonchev–Trinajstić information content (AvgIpc) is 3.30. The summed E-state index contributed by atoms with van der Waals surface area (Å²) in [5, 5.41) is 0. The van der Waals surface area contributed by atoms with E-state index in [4.69, 9.17) is 9.47 Å². The molecule has 1 saturated carbocycles. The standard InChI is InChI=1S/C17H18O4/c1-12-4-5-14(9-8-13-6-7-13)10-15(12)21-16(11-19-2)17(18)20-3/h4-5,10-11,13H,6-7H2,1-3H3/b16-11-. The van der Waals surface area contributed by atoms with Crippen molar-refractivity contribution in [2.24, 2.45) is 5.92 Å². The third-order valence-electron chi connectivity index (χ3n) is 3.02. The van der Waals surface area contributed by atoms with Gasteiger partial charge in [0.2, 0.25) is 5.76 Å². The smallest absolute Gasteiger partial charge is 0.377 e. The Morgan fingerprint density at radius 2 is 2.10 bits per heavy atom. The second-order valence-electron chi connectivity index (χ2n) is 4.84. The summed E-state index contributed by atoms with van der Waals surface area (Å²) >= 11 is 0. The van der Waals surface area contributed by atoms with E-state index >= 15 is 0 Å². The first-order chi connectivity index (χ1) is 10.1. The first-order valence-corrected chi connectivity index (χ1v) is 6.75. The number of methoxy groups -OCH3 is 2. The van der Waals surface area contributed by atoms with Crippen molar-refractivity contribution in [1.82, 2.24) is 0 Å². The van der Waals surface area contributed by atoms with Crippen LogP contribution in [0.5, 0.6) is 5.75 Å². The van der Waals surface area contributed by atoms with E-state index in [9.17, 15) is 4.79 Å². The van der Waals surface area contributed by atoms with Crippen molar-refractivity contribution in [1.29, 1.82) is 0 Å². The molecule has 0 saturated heterocycles. The average molecular weight is 286 g/mol. The van der Waals surface area contributed by atoms with Gasteiger partial charge in [-0.3, -0.25) is 0 Å². The van der Waals surface area contributed by atoms with Crippen LogP contribution in [-0.4, -0.2) is 20.2 Å². The number of carbonyl (C=O) groups is 1. The molecule has 1 fully saturated rings. The molecule has 4 heteroatoms. The molecule has 1 aromatic rings. The lowest BCUT2D eigenvalue weighted by Crippen LogP contribution is -2.11. The Morgan fingerprint density at radius 3 is 2.71 bits per heavy atom. The summed E-state index contributed by atoms with van der Waals surface area (Å²) in [4.78, 5) is 11.6. The summed E-state index contributed by atoms with van der Waals surface area (Å²) in [5.74, 6) is 6.82. The van der Waals surface area contributed by atoms with E-state index in [0.29, 0.717) is 11.7 Å². The third kappa shape index (κ3) is 4.28. The van der Waals surface area contributed by atoms with Crippen molar-refractivity contribution in [3.05, 3.63) is 41.3 Å². The van der Waals surface area contributed by atoms with E-state index in [1.165, 1.54) is 33.3 Å². The van der Waals surface area contributed by atoms with Crippen molar-refractivity contribution in [2.45, 2.75) is 19.8 Å². The molecule has 110 valence electrons. The largest absolute Gasteiger partial charge is 0.500 e. The molecule has 4 nitrogen and oxygen atoms in total. The maximum Gasteiger partial charge on any atom is 0.377 e. The summed E-state index contributed by atoms with van der Waals surface area (Å²) in [7, 11) is 2.73. The molecule has 0 bridgehead atoms. The number of esters is 1. The summed E-state index contributed by atoms with van der Waals surface area (Å²) in [6, 6.07) is 5.67. The molecule has 0 N–H and O–H groups in total. The van der Waals surface area contributed by atoms with Crippen molar-refractivity contribution >= 4 is 5.97 Å². The number of rotatable bonds is 4. The number of hydrogen-bond acceptors (Lipinski definition) is 4. The molecule has 0 aliphatic heterocycles. The topological polar surface area (TPSA) is 44.8 Å². The van der Waals surface area contributed by atoms with Crippen molar-refractivity contribution in [3.63, 3.8) is 0 Å². The number of aryl methyl sites for hydroxylation is 1. The SMILES string of the molecule is CO/C=C(\Oc1cc(C#CC2CC2)ccc1C)C(=O)OC. The third-order valence-corrected chi connectivity index (χ3v) is 3.02. The molecule has 0 atom stereocenters. The Kier molecular flexibility index (Phi) is 4.89. The van der Waals surface area contributed by atoms with Crippen LogP contribution < -0.4 is 4.74 Å². The quantitative estimate of drug-likeness (QED) is 0.369. The minimum atomic E-state index is -0.592. The Bertz CT molecular complexity index is 615. The zero-order valence-corrected chi connectivity index (χ0v) is 12.4. The van der Waals surface area contributed by atoms with Crippen LogP contribution in [0.2, 0.25) is 0 Å². The molecule has 1 aromatic carbocycles. The minimum absolute atomic E-state index is 0.00426. The lowest BCUT2D eigenvalue weighted by molar-refractivity contribution is -0.138. The fraction of sp³-hybridized carbons (Fsp3) is 0.353. The highest BCUT2D eigenvalue weighted by Crippen LogP contribution is 2.28. The number of benzene rings is 1. The van der Waals surface area contributed by atoms with Gasteiger partial charge in [-0.15, -0.1) is 0 Å². The van der Waals surface area contributed by atoms with Crippen LogP contribution in [0.25, 0.3) is 0 Å². The molecule has 21 heavy (non-hydrogen) atoms. The van der Waals surface area contributed by atoms with Gasteiger partial charge in [0.1, 0.15) is 12.0 Å². The fourth-order valence-corrected chi connectivity index (χ4v) is 1.64. The summed E-state index contributed by atoms with van der Waals surface area (Å²) in [5.41, 5.74) is 1.77. The van der Waals surface area contributed by atoms with Gasteiger partial charge >= 0.3 is 5.97 Å². The predicted octanol–water partition coefficient (Wildman–Crippen LogP) is 2.80. The second-order valence-corrected chi connectivity index (χ2v) is 4.84. The summed E-state index contributed by atoms with van der Waals surface area (Å²) < 4.78 is 15.1. The van der Waals surface area contributed by atoms with Crippen molar-refractivity contribution in [2.75, 3.05) is 14.2 Å². The van der Waals surface area contributed by atoms with Gasteiger partial charge in [0.05, 0.1) is 14.2 Å². The van der Waals surface area contributed by atoms with Crippen LogP contribution in [0, 0.1) is 24.7 Å². The van der Waals surface area contributed by atoms with Crippen LogP contribution in [0.15, 0.2) is 30.2 Å².